The van der Waals surface area contributed by atoms with Crippen LogP contribution in [-0.2, 0) is 27.2 Å². The van der Waals surface area contributed by atoms with E-state index in [1.54, 1.807) is 21.0 Å². The van der Waals surface area contributed by atoms with E-state index >= 15 is 0 Å². The van der Waals surface area contributed by atoms with E-state index in [-0.39, 0.29) is 36.2 Å². The number of ether oxygens (including phenoxy) is 2. The Bertz CT molecular complexity index is 884. The van der Waals surface area contributed by atoms with Gasteiger partial charge in [-0.05, 0) is 80.4 Å². The second-order valence-electron chi connectivity index (χ2n) is 12.6. The molecule has 0 radical (unpaired) electrons. The second kappa shape index (κ2) is 16.9. The zero-order valence-electron chi connectivity index (χ0n) is 26.1. The van der Waals surface area contributed by atoms with Crippen LogP contribution in [0.2, 0.25) is 0 Å². The quantitative estimate of drug-likeness (QED) is 0.208. The van der Waals surface area contributed by atoms with Gasteiger partial charge in [-0.2, -0.15) is 0 Å². The third-order valence-corrected chi connectivity index (χ3v) is 8.15. The SMILES string of the molecule is CCc1ccc(CC(C[C@H](N)C(C)CC(C(=O)NCC(C)(C)C(N)=O)C(C)C)C(C)C)cc1OCCCOC. The van der Waals surface area contributed by atoms with Gasteiger partial charge in [0.25, 0.3) is 0 Å². The van der Waals surface area contributed by atoms with E-state index in [2.05, 4.69) is 65.1 Å². The van der Waals surface area contributed by atoms with Crippen molar-refractivity contribution in [2.24, 2.45) is 46.5 Å². The third kappa shape index (κ3) is 11.9. The van der Waals surface area contributed by atoms with Crippen LogP contribution in [0.25, 0.3) is 0 Å². The van der Waals surface area contributed by atoms with Crippen molar-refractivity contribution in [3.05, 3.63) is 29.3 Å². The van der Waals surface area contributed by atoms with Gasteiger partial charge in [0.05, 0.1) is 12.0 Å². The highest BCUT2D eigenvalue weighted by Gasteiger charge is 2.31. The van der Waals surface area contributed by atoms with Gasteiger partial charge < -0.3 is 26.3 Å². The van der Waals surface area contributed by atoms with Crippen LogP contribution < -0.4 is 21.5 Å². The number of carbonyl (C=O) groups is 2. The van der Waals surface area contributed by atoms with Gasteiger partial charge in [-0.25, -0.2) is 0 Å². The minimum absolute atomic E-state index is 0.0202. The summed E-state index contributed by atoms with van der Waals surface area (Å²) in [6.07, 6.45) is 4.33. The fraction of sp³-hybridized carbons (Fsp3) is 0.750. The Hall–Kier alpha value is -2.12. The first-order chi connectivity index (χ1) is 18.2. The van der Waals surface area contributed by atoms with Gasteiger partial charge in [-0.1, -0.05) is 53.7 Å². The molecule has 0 aliphatic carbocycles. The molecule has 2 amide bonds. The highest BCUT2D eigenvalue weighted by Crippen LogP contribution is 2.30. The highest BCUT2D eigenvalue weighted by atomic mass is 16.5. The van der Waals surface area contributed by atoms with E-state index in [9.17, 15) is 9.59 Å². The van der Waals surface area contributed by atoms with Crippen LogP contribution in [0.3, 0.4) is 0 Å². The zero-order chi connectivity index (χ0) is 29.8. The number of hydrogen-bond donors (Lipinski definition) is 3. The first kappa shape index (κ1) is 34.9. The Kier molecular flexibility index (Phi) is 15.1. The summed E-state index contributed by atoms with van der Waals surface area (Å²) in [5, 5.41) is 2.96. The Morgan fingerprint density at radius 3 is 2.23 bits per heavy atom. The highest BCUT2D eigenvalue weighted by molar-refractivity contribution is 5.83. The molecule has 1 aromatic carbocycles. The van der Waals surface area contributed by atoms with Crippen molar-refractivity contribution < 1.29 is 19.1 Å². The van der Waals surface area contributed by atoms with E-state index < -0.39 is 11.3 Å². The Labute approximate surface area is 238 Å². The minimum atomic E-state index is -0.784. The lowest BCUT2D eigenvalue weighted by molar-refractivity contribution is -0.129. The molecule has 1 aromatic rings. The molecule has 0 saturated heterocycles. The van der Waals surface area contributed by atoms with Crippen LogP contribution in [0.5, 0.6) is 5.75 Å². The average molecular weight is 548 g/mol. The number of methoxy groups -OCH3 is 1. The van der Waals surface area contributed by atoms with E-state index in [0.717, 1.165) is 31.4 Å². The smallest absolute Gasteiger partial charge is 0.224 e. The maximum atomic E-state index is 13.1. The number of amides is 2. The number of benzene rings is 1. The number of carbonyl (C=O) groups excluding carboxylic acids is 2. The molecule has 1 rings (SSSR count). The molecule has 0 aliphatic rings. The molecule has 39 heavy (non-hydrogen) atoms. The molecule has 0 saturated carbocycles. The van der Waals surface area contributed by atoms with Crippen LogP contribution in [0.15, 0.2) is 18.2 Å². The Balaban J connectivity index is 2.87. The van der Waals surface area contributed by atoms with Crippen molar-refractivity contribution in [1.82, 2.24) is 5.32 Å². The number of nitrogens with one attached hydrogen (secondary N) is 1. The van der Waals surface area contributed by atoms with E-state index in [1.807, 2.05) is 0 Å². The van der Waals surface area contributed by atoms with Crippen LogP contribution in [-0.4, -0.2) is 44.7 Å². The Morgan fingerprint density at radius 2 is 1.69 bits per heavy atom. The monoisotopic (exact) mass is 547 g/mol. The maximum Gasteiger partial charge on any atom is 0.224 e. The Morgan fingerprint density at radius 1 is 1.03 bits per heavy atom. The first-order valence-corrected chi connectivity index (χ1v) is 14.8. The summed E-state index contributed by atoms with van der Waals surface area (Å²) in [6.45, 7) is 18.0. The molecule has 5 N–H and O–H groups in total. The molecule has 224 valence electrons. The van der Waals surface area contributed by atoms with Crippen molar-refractivity contribution in [3.8, 4) is 5.75 Å². The minimum Gasteiger partial charge on any atom is -0.493 e. The summed E-state index contributed by atoms with van der Waals surface area (Å²) in [4.78, 5) is 24.7. The summed E-state index contributed by atoms with van der Waals surface area (Å²) in [5.41, 5.74) is 14.0. The van der Waals surface area contributed by atoms with Gasteiger partial charge in [0.15, 0.2) is 0 Å². The summed E-state index contributed by atoms with van der Waals surface area (Å²) < 4.78 is 11.3. The third-order valence-electron chi connectivity index (χ3n) is 8.15. The van der Waals surface area contributed by atoms with Crippen LogP contribution in [0, 0.1) is 35.0 Å². The molecule has 0 heterocycles. The van der Waals surface area contributed by atoms with E-state index in [4.69, 9.17) is 20.9 Å². The summed E-state index contributed by atoms with van der Waals surface area (Å²) in [7, 11) is 1.71. The van der Waals surface area contributed by atoms with Gasteiger partial charge in [0.2, 0.25) is 11.8 Å². The van der Waals surface area contributed by atoms with Crippen molar-refractivity contribution in [2.75, 3.05) is 26.9 Å². The van der Waals surface area contributed by atoms with Crippen molar-refractivity contribution in [3.63, 3.8) is 0 Å². The summed E-state index contributed by atoms with van der Waals surface area (Å²) in [5.74, 6) is 1.57. The number of rotatable bonds is 19. The summed E-state index contributed by atoms with van der Waals surface area (Å²) in [6, 6.07) is 6.58. The summed E-state index contributed by atoms with van der Waals surface area (Å²) >= 11 is 0. The van der Waals surface area contributed by atoms with Crippen LogP contribution in [0.1, 0.15) is 85.8 Å². The predicted octanol–water partition coefficient (Wildman–Crippen LogP) is 5.12. The predicted molar refractivity (Wildman–Crippen MR) is 161 cm³/mol. The number of nitrogens with two attached hydrogens (primary N) is 2. The molecule has 7 nitrogen and oxygen atoms in total. The molecule has 0 aromatic heterocycles. The van der Waals surface area contributed by atoms with Gasteiger partial charge in [0, 0.05) is 38.6 Å². The van der Waals surface area contributed by atoms with Crippen LogP contribution >= 0.6 is 0 Å². The number of hydrogen-bond acceptors (Lipinski definition) is 5. The fourth-order valence-corrected chi connectivity index (χ4v) is 4.80. The van der Waals surface area contributed by atoms with E-state index in [1.165, 1.54) is 11.1 Å². The van der Waals surface area contributed by atoms with Crippen molar-refractivity contribution in [2.45, 2.75) is 93.5 Å². The van der Waals surface area contributed by atoms with E-state index in [0.29, 0.717) is 31.5 Å². The standard InChI is InChI=1S/C32H57N3O4/c1-10-25-13-12-24(18-29(25)39-15-11-14-38-9)17-26(21(2)3)19-28(33)23(6)16-27(22(4)5)30(36)35-20-32(7,8)31(34)37/h12-13,18,21-23,26-28H,10-11,14-17,19-20,33H2,1-9H3,(H2,34,37)(H,35,36)/t23?,26?,27?,28-/m0/s1. The molecule has 4 atom stereocenters. The molecular formula is C32H57N3O4. The molecule has 7 heteroatoms. The zero-order valence-corrected chi connectivity index (χ0v) is 26.1. The lowest BCUT2D eigenvalue weighted by Crippen LogP contribution is -2.45. The topological polar surface area (TPSA) is 117 Å². The normalized spacial score (nSPS) is 15.2. The van der Waals surface area contributed by atoms with Crippen molar-refractivity contribution in [1.29, 1.82) is 0 Å². The molecular weight excluding hydrogens is 490 g/mol. The maximum absolute atomic E-state index is 13.1. The second-order valence-corrected chi connectivity index (χ2v) is 12.6. The first-order valence-electron chi connectivity index (χ1n) is 14.8. The van der Waals surface area contributed by atoms with Gasteiger partial charge in [-0.3, -0.25) is 9.59 Å². The molecule has 3 unspecified atom stereocenters. The lowest BCUT2D eigenvalue weighted by atomic mass is 9.78. The van der Waals surface area contributed by atoms with Crippen LogP contribution in [0.4, 0.5) is 0 Å². The molecule has 0 spiro atoms. The number of aryl methyl sites for hydroxylation is 1. The van der Waals surface area contributed by atoms with Crippen molar-refractivity contribution >= 4 is 11.8 Å². The van der Waals surface area contributed by atoms with Gasteiger partial charge in [0.1, 0.15) is 5.75 Å². The largest absolute Gasteiger partial charge is 0.493 e. The van der Waals surface area contributed by atoms with Gasteiger partial charge >= 0.3 is 0 Å². The lowest BCUT2D eigenvalue weighted by Gasteiger charge is -2.31. The van der Waals surface area contributed by atoms with Gasteiger partial charge in [-0.15, -0.1) is 0 Å². The molecule has 0 aliphatic heterocycles. The average Bonchev–Trinajstić information content (AvgIpc) is 2.87. The fourth-order valence-electron chi connectivity index (χ4n) is 4.80. The number of primary amides is 1. The molecule has 0 fully saturated rings. The molecule has 0 bridgehead atoms.